The SMILES string of the molecule is O=C(NCc1ccc(F)cc1)C(=O)Nc1ccc(Cl)c(N2CCCS2(=O)=O)c1. The Morgan fingerprint density at radius 3 is 2.46 bits per heavy atom. The van der Waals surface area contributed by atoms with Crippen LogP contribution >= 0.6 is 11.6 Å². The molecule has 0 bridgehead atoms. The minimum atomic E-state index is -3.44. The van der Waals surface area contributed by atoms with Crippen LogP contribution in [0, 0.1) is 5.82 Å². The number of nitrogens with zero attached hydrogens (tertiary/aromatic N) is 1. The van der Waals surface area contributed by atoms with Gasteiger partial charge in [-0.05, 0) is 42.3 Å². The molecule has 2 amide bonds. The lowest BCUT2D eigenvalue weighted by molar-refractivity contribution is -0.136. The van der Waals surface area contributed by atoms with Gasteiger partial charge in [0.1, 0.15) is 5.82 Å². The Balaban J connectivity index is 1.66. The van der Waals surface area contributed by atoms with Crippen molar-refractivity contribution in [2.45, 2.75) is 13.0 Å². The lowest BCUT2D eigenvalue weighted by atomic mass is 10.2. The largest absolute Gasteiger partial charge is 0.344 e. The van der Waals surface area contributed by atoms with Gasteiger partial charge in [0.2, 0.25) is 10.0 Å². The first kappa shape index (κ1) is 20.1. The molecule has 1 saturated heterocycles. The topological polar surface area (TPSA) is 95.6 Å². The molecule has 7 nitrogen and oxygen atoms in total. The fraction of sp³-hybridized carbons (Fsp3) is 0.222. The van der Waals surface area contributed by atoms with Crippen molar-refractivity contribution in [1.82, 2.24) is 5.32 Å². The summed E-state index contributed by atoms with van der Waals surface area (Å²) in [5.74, 6) is -2.16. The average molecular weight is 426 g/mol. The van der Waals surface area contributed by atoms with Crippen LogP contribution in [0.1, 0.15) is 12.0 Å². The lowest BCUT2D eigenvalue weighted by Crippen LogP contribution is -2.35. The number of halogens is 2. The molecule has 0 aromatic heterocycles. The van der Waals surface area contributed by atoms with Gasteiger partial charge in [0, 0.05) is 18.8 Å². The Hall–Kier alpha value is -2.65. The average Bonchev–Trinajstić information content (AvgIpc) is 3.01. The molecule has 28 heavy (non-hydrogen) atoms. The second kappa shape index (κ2) is 8.15. The first-order chi connectivity index (χ1) is 13.3. The molecule has 1 aliphatic rings. The lowest BCUT2D eigenvalue weighted by Gasteiger charge is -2.19. The van der Waals surface area contributed by atoms with Crippen molar-refractivity contribution in [1.29, 1.82) is 0 Å². The molecule has 0 radical (unpaired) electrons. The number of sulfonamides is 1. The number of carbonyl (C=O) groups excluding carboxylic acids is 2. The summed E-state index contributed by atoms with van der Waals surface area (Å²) >= 11 is 6.11. The van der Waals surface area contributed by atoms with E-state index >= 15 is 0 Å². The maximum Gasteiger partial charge on any atom is 0.313 e. The predicted molar refractivity (Wildman–Crippen MR) is 104 cm³/mol. The summed E-state index contributed by atoms with van der Waals surface area (Å²) in [5.41, 5.74) is 1.13. The van der Waals surface area contributed by atoms with Gasteiger partial charge in [0.25, 0.3) is 0 Å². The highest BCUT2D eigenvalue weighted by atomic mass is 35.5. The summed E-state index contributed by atoms with van der Waals surface area (Å²) in [6.07, 6.45) is 0.487. The summed E-state index contributed by atoms with van der Waals surface area (Å²) in [6.45, 7) is 0.363. The third-order valence-electron chi connectivity index (χ3n) is 4.14. The van der Waals surface area contributed by atoms with Crippen LogP contribution in [0.5, 0.6) is 0 Å². The number of anilines is 2. The highest BCUT2D eigenvalue weighted by Crippen LogP contribution is 2.33. The molecule has 1 heterocycles. The van der Waals surface area contributed by atoms with Crippen LogP contribution in [0.4, 0.5) is 15.8 Å². The van der Waals surface area contributed by atoms with Gasteiger partial charge in [-0.3, -0.25) is 13.9 Å². The van der Waals surface area contributed by atoms with E-state index in [0.29, 0.717) is 18.5 Å². The smallest absolute Gasteiger partial charge is 0.313 e. The third-order valence-corrected chi connectivity index (χ3v) is 6.32. The van der Waals surface area contributed by atoms with Crippen LogP contribution in [0.15, 0.2) is 42.5 Å². The Labute approximate surface area is 166 Å². The van der Waals surface area contributed by atoms with E-state index in [-0.39, 0.29) is 28.7 Å². The van der Waals surface area contributed by atoms with E-state index in [0.717, 1.165) is 0 Å². The van der Waals surface area contributed by atoms with Crippen molar-refractivity contribution >= 4 is 44.8 Å². The number of hydrogen-bond donors (Lipinski definition) is 2. The first-order valence-corrected chi connectivity index (χ1v) is 10.4. The third kappa shape index (κ3) is 4.60. The summed E-state index contributed by atoms with van der Waals surface area (Å²) in [4.78, 5) is 24.1. The van der Waals surface area contributed by atoms with Crippen LogP contribution < -0.4 is 14.9 Å². The first-order valence-electron chi connectivity index (χ1n) is 8.40. The number of amides is 2. The highest BCUT2D eigenvalue weighted by molar-refractivity contribution is 7.93. The van der Waals surface area contributed by atoms with Gasteiger partial charge in [-0.1, -0.05) is 23.7 Å². The molecule has 1 fully saturated rings. The number of carbonyl (C=O) groups is 2. The molecule has 3 rings (SSSR count). The number of nitrogens with one attached hydrogen (secondary N) is 2. The molecule has 0 atom stereocenters. The van der Waals surface area contributed by atoms with Crippen molar-refractivity contribution in [2.75, 3.05) is 21.9 Å². The predicted octanol–water partition coefficient (Wildman–Crippen LogP) is 2.27. The molecule has 2 aromatic carbocycles. The molecular weight excluding hydrogens is 409 g/mol. The molecule has 0 aliphatic carbocycles. The molecule has 2 N–H and O–H groups in total. The van der Waals surface area contributed by atoms with Gasteiger partial charge in [0.15, 0.2) is 0 Å². The van der Waals surface area contributed by atoms with Crippen LogP contribution in [-0.2, 0) is 26.2 Å². The normalized spacial score (nSPS) is 15.3. The molecule has 1 aliphatic heterocycles. The standard InChI is InChI=1S/C18H17ClFN3O4S/c19-15-7-6-14(10-16(15)23-8-1-9-28(23,26)27)22-18(25)17(24)21-11-12-2-4-13(20)5-3-12/h2-7,10H,1,8-9,11H2,(H,21,24)(H,22,25). The molecular formula is C18H17ClFN3O4S. The van der Waals surface area contributed by atoms with Gasteiger partial charge in [0.05, 0.1) is 16.5 Å². The summed E-state index contributed by atoms with van der Waals surface area (Å²) in [6, 6.07) is 9.84. The van der Waals surface area contributed by atoms with E-state index < -0.39 is 27.7 Å². The van der Waals surface area contributed by atoms with Crippen molar-refractivity contribution in [3.63, 3.8) is 0 Å². The van der Waals surface area contributed by atoms with Crippen molar-refractivity contribution < 1.29 is 22.4 Å². The van der Waals surface area contributed by atoms with Gasteiger partial charge in [-0.25, -0.2) is 12.8 Å². The second-order valence-corrected chi connectivity index (χ2v) is 8.59. The zero-order chi connectivity index (χ0) is 20.3. The minimum Gasteiger partial charge on any atom is -0.344 e. The Morgan fingerprint density at radius 1 is 1.11 bits per heavy atom. The van der Waals surface area contributed by atoms with E-state index in [4.69, 9.17) is 11.6 Å². The maximum atomic E-state index is 12.9. The molecule has 2 aromatic rings. The van der Waals surface area contributed by atoms with Gasteiger partial charge < -0.3 is 10.6 Å². The maximum absolute atomic E-state index is 12.9. The van der Waals surface area contributed by atoms with Crippen LogP contribution in [0.2, 0.25) is 5.02 Å². The molecule has 148 valence electrons. The number of benzene rings is 2. The second-order valence-electron chi connectivity index (χ2n) is 6.17. The van der Waals surface area contributed by atoms with E-state index in [1.54, 1.807) is 0 Å². The van der Waals surface area contributed by atoms with E-state index in [2.05, 4.69) is 10.6 Å². The quantitative estimate of drug-likeness (QED) is 0.734. The summed E-state index contributed by atoms with van der Waals surface area (Å²) in [5, 5.41) is 5.07. The molecule has 10 heteroatoms. The van der Waals surface area contributed by atoms with E-state index in [1.807, 2.05) is 0 Å². The number of rotatable bonds is 4. The van der Waals surface area contributed by atoms with E-state index in [1.165, 1.54) is 46.8 Å². The van der Waals surface area contributed by atoms with Crippen molar-refractivity contribution in [3.8, 4) is 0 Å². The van der Waals surface area contributed by atoms with Crippen LogP contribution in [0.3, 0.4) is 0 Å². The minimum absolute atomic E-state index is 0.0334. The van der Waals surface area contributed by atoms with E-state index in [9.17, 15) is 22.4 Å². The van der Waals surface area contributed by atoms with Crippen molar-refractivity contribution in [2.24, 2.45) is 0 Å². The van der Waals surface area contributed by atoms with Crippen LogP contribution in [-0.4, -0.2) is 32.5 Å². The Bertz CT molecular complexity index is 1010. The molecule has 0 unspecified atom stereocenters. The molecule has 0 spiro atoms. The fourth-order valence-corrected chi connectivity index (χ4v) is 4.59. The van der Waals surface area contributed by atoms with Gasteiger partial charge in [-0.2, -0.15) is 0 Å². The Kier molecular flexibility index (Phi) is 5.85. The fourth-order valence-electron chi connectivity index (χ4n) is 2.74. The Morgan fingerprint density at radius 2 is 1.82 bits per heavy atom. The number of hydrogen-bond acceptors (Lipinski definition) is 4. The molecule has 0 saturated carbocycles. The summed E-state index contributed by atoms with van der Waals surface area (Å²) in [7, 11) is -3.44. The van der Waals surface area contributed by atoms with Gasteiger partial charge in [-0.15, -0.1) is 0 Å². The monoisotopic (exact) mass is 425 g/mol. The van der Waals surface area contributed by atoms with Crippen molar-refractivity contribution in [3.05, 3.63) is 58.9 Å². The zero-order valence-electron chi connectivity index (χ0n) is 14.6. The zero-order valence-corrected chi connectivity index (χ0v) is 16.2. The highest BCUT2D eigenvalue weighted by Gasteiger charge is 2.30. The van der Waals surface area contributed by atoms with Crippen LogP contribution in [0.25, 0.3) is 0 Å². The summed E-state index contributed by atoms with van der Waals surface area (Å²) < 4.78 is 38.2. The van der Waals surface area contributed by atoms with Gasteiger partial charge >= 0.3 is 11.8 Å².